The van der Waals surface area contributed by atoms with Gasteiger partial charge >= 0.3 is 5.97 Å². The Morgan fingerprint density at radius 2 is 2.00 bits per heavy atom. The van der Waals surface area contributed by atoms with Crippen molar-refractivity contribution in [1.29, 1.82) is 0 Å². The molecule has 0 saturated carbocycles. The number of hydrogen-bond donors (Lipinski definition) is 1. The first kappa shape index (κ1) is 12.9. The Hall–Kier alpha value is -1.10. The molecule has 0 heterocycles. The molecule has 14 heavy (non-hydrogen) atoms. The van der Waals surface area contributed by atoms with E-state index < -0.39 is 5.97 Å². The van der Waals surface area contributed by atoms with Crippen molar-refractivity contribution >= 4 is 11.9 Å². The third kappa shape index (κ3) is 4.23. The summed E-state index contributed by atoms with van der Waals surface area (Å²) < 4.78 is 4.50. The van der Waals surface area contributed by atoms with Crippen molar-refractivity contribution in [2.45, 2.75) is 26.3 Å². The Morgan fingerprint density at radius 3 is 2.36 bits per heavy atom. The summed E-state index contributed by atoms with van der Waals surface area (Å²) in [5.41, 5.74) is 5.27. The molecule has 5 nitrogen and oxygen atoms in total. The normalized spacial score (nSPS) is 10.1. The lowest BCUT2D eigenvalue weighted by Crippen LogP contribution is -2.41. The monoisotopic (exact) mass is 202 g/mol. The third-order valence-corrected chi connectivity index (χ3v) is 1.83. The number of esters is 1. The molecular weight excluding hydrogens is 184 g/mol. The standard InChI is InChI=1S/C9H18N2O3/c1-7(2)11(6-9(13)14-3)8(12)4-5-10/h7H,4-6,10H2,1-3H3. The molecule has 0 aromatic rings. The Labute approximate surface area is 84.2 Å². The minimum atomic E-state index is -0.413. The zero-order valence-corrected chi connectivity index (χ0v) is 8.95. The maximum atomic E-state index is 11.5. The molecule has 0 radical (unpaired) electrons. The zero-order valence-electron chi connectivity index (χ0n) is 8.95. The average Bonchev–Trinajstić information content (AvgIpc) is 2.13. The number of hydrogen-bond acceptors (Lipinski definition) is 4. The second kappa shape index (κ2) is 6.37. The van der Waals surface area contributed by atoms with Crippen LogP contribution in [0.1, 0.15) is 20.3 Å². The van der Waals surface area contributed by atoms with Gasteiger partial charge in [0.05, 0.1) is 7.11 Å². The van der Waals surface area contributed by atoms with Crippen molar-refractivity contribution in [3.8, 4) is 0 Å². The highest BCUT2D eigenvalue weighted by atomic mass is 16.5. The molecule has 0 aliphatic carbocycles. The van der Waals surface area contributed by atoms with E-state index in [1.165, 1.54) is 12.0 Å². The Balaban J connectivity index is 4.29. The molecule has 0 aliphatic rings. The maximum Gasteiger partial charge on any atom is 0.325 e. The lowest BCUT2D eigenvalue weighted by atomic mass is 10.2. The first-order valence-corrected chi connectivity index (χ1v) is 4.59. The second-order valence-corrected chi connectivity index (χ2v) is 3.23. The van der Waals surface area contributed by atoms with Crippen LogP contribution in [-0.4, -0.2) is 43.0 Å². The number of nitrogens with two attached hydrogens (primary N) is 1. The van der Waals surface area contributed by atoms with Gasteiger partial charge in [-0.15, -0.1) is 0 Å². The summed E-state index contributed by atoms with van der Waals surface area (Å²) in [6, 6.07) is -0.0202. The lowest BCUT2D eigenvalue weighted by molar-refractivity contribution is -0.148. The maximum absolute atomic E-state index is 11.5. The van der Waals surface area contributed by atoms with E-state index in [0.29, 0.717) is 6.54 Å². The van der Waals surface area contributed by atoms with Gasteiger partial charge in [-0.25, -0.2) is 0 Å². The summed E-state index contributed by atoms with van der Waals surface area (Å²) >= 11 is 0. The van der Waals surface area contributed by atoms with Gasteiger partial charge in [-0.2, -0.15) is 0 Å². The molecule has 1 amide bonds. The highest BCUT2D eigenvalue weighted by Gasteiger charge is 2.19. The molecule has 0 aromatic carbocycles. The van der Waals surface area contributed by atoms with E-state index in [2.05, 4.69) is 4.74 Å². The number of ether oxygens (including phenoxy) is 1. The van der Waals surface area contributed by atoms with Crippen molar-refractivity contribution in [2.24, 2.45) is 5.73 Å². The number of amides is 1. The third-order valence-electron chi connectivity index (χ3n) is 1.83. The minimum absolute atomic E-state index is 0.00694. The van der Waals surface area contributed by atoms with Crippen LogP contribution < -0.4 is 5.73 Å². The van der Waals surface area contributed by atoms with Crippen LogP contribution >= 0.6 is 0 Å². The van der Waals surface area contributed by atoms with E-state index >= 15 is 0 Å². The second-order valence-electron chi connectivity index (χ2n) is 3.23. The molecule has 0 aliphatic heterocycles. The highest BCUT2D eigenvalue weighted by Crippen LogP contribution is 2.01. The highest BCUT2D eigenvalue weighted by molar-refractivity contribution is 5.82. The molecule has 82 valence electrons. The first-order chi connectivity index (χ1) is 6.52. The van der Waals surface area contributed by atoms with Gasteiger partial charge in [-0.05, 0) is 13.8 Å². The minimum Gasteiger partial charge on any atom is -0.468 e. The van der Waals surface area contributed by atoms with Gasteiger partial charge in [-0.1, -0.05) is 0 Å². The van der Waals surface area contributed by atoms with Crippen molar-refractivity contribution < 1.29 is 14.3 Å². The molecule has 0 atom stereocenters. The van der Waals surface area contributed by atoms with Gasteiger partial charge in [-0.3, -0.25) is 9.59 Å². The average molecular weight is 202 g/mol. The van der Waals surface area contributed by atoms with Crippen molar-refractivity contribution in [3.63, 3.8) is 0 Å². The fourth-order valence-electron chi connectivity index (χ4n) is 1.03. The summed E-state index contributed by atoms with van der Waals surface area (Å²) in [6.45, 7) is 3.98. The number of carbonyl (C=O) groups excluding carboxylic acids is 2. The van der Waals surface area contributed by atoms with E-state index in [1.807, 2.05) is 13.8 Å². The molecule has 5 heteroatoms. The molecule has 0 bridgehead atoms. The Bertz CT molecular complexity index is 204. The van der Waals surface area contributed by atoms with Crippen LogP contribution in [0.2, 0.25) is 0 Å². The molecule has 2 N–H and O–H groups in total. The smallest absolute Gasteiger partial charge is 0.325 e. The molecule has 0 fully saturated rings. The number of methoxy groups -OCH3 is 1. The van der Waals surface area contributed by atoms with Crippen molar-refractivity contribution in [1.82, 2.24) is 4.90 Å². The molecule has 0 unspecified atom stereocenters. The lowest BCUT2D eigenvalue weighted by Gasteiger charge is -2.25. The van der Waals surface area contributed by atoms with Crippen LogP contribution in [0.15, 0.2) is 0 Å². The summed E-state index contributed by atoms with van der Waals surface area (Å²) in [5, 5.41) is 0. The van der Waals surface area contributed by atoms with Crippen LogP contribution in [-0.2, 0) is 14.3 Å². The van der Waals surface area contributed by atoms with E-state index in [4.69, 9.17) is 5.73 Å². The summed E-state index contributed by atoms with van der Waals surface area (Å²) in [4.78, 5) is 23.9. The van der Waals surface area contributed by atoms with Gasteiger partial charge in [0.25, 0.3) is 0 Å². The van der Waals surface area contributed by atoms with Crippen LogP contribution in [0.4, 0.5) is 0 Å². The van der Waals surface area contributed by atoms with Crippen molar-refractivity contribution in [2.75, 3.05) is 20.2 Å². The zero-order chi connectivity index (χ0) is 11.1. The van der Waals surface area contributed by atoms with Crippen LogP contribution in [0.25, 0.3) is 0 Å². The van der Waals surface area contributed by atoms with Crippen LogP contribution in [0.5, 0.6) is 0 Å². The molecule has 0 aromatic heterocycles. The van der Waals surface area contributed by atoms with E-state index in [9.17, 15) is 9.59 Å². The number of nitrogens with zero attached hydrogens (tertiary/aromatic N) is 1. The number of rotatable bonds is 5. The summed E-state index contributed by atoms with van der Waals surface area (Å²) in [6.07, 6.45) is 0.259. The quantitative estimate of drug-likeness (QED) is 0.624. The summed E-state index contributed by atoms with van der Waals surface area (Å²) in [5.74, 6) is -0.531. The van der Waals surface area contributed by atoms with E-state index in [0.717, 1.165) is 0 Å². The van der Waals surface area contributed by atoms with E-state index in [-0.39, 0.29) is 24.9 Å². The fourth-order valence-corrected chi connectivity index (χ4v) is 1.03. The van der Waals surface area contributed by atoms with Gasteiger partial charge in [0.15, 0.2) is 0 Å². The molecule has 0 rings (SSSR count). The van der Waals surface area contributed by atoms with Gasteiger partial charge < -0.3 is 15.4 Å². The fraction of sp³-hybridized carbons (Fsp3) is 0.778. The largest absolute Gasteiger partial charge is 0.468 e. The van der Waals surface area contributed by atoms with Gasteiger partial charge in [0.1, 0.15) is 6.54 Å². The van der Waals surface area contributed by atoms with Crippen LogP contribution in [0.3, 0.4) is 0 Å². The van der Waals surface area contributed by atoms with Gasteiger partial charge in [0.2, 0.25) is 5.91 Å². The predicted octanol–water partition coefficient (Wildman–Crippen LogP) is -0.255. The Kier molecular flexibility index (Phi) is 5.87. The predicted molar refractivity (Wildman–Crippen MR) is 52.5 cm³/mol. The first-order valence-electron chi connectivity index (χ1n) is 4.59. The molecule has 0 spiro atoms. The topological polar surface area (TPSA) is 72.6 Å². The van der Waals surface area contributed by atoms with Crippen molar-refractivity contribution in [3.05, 3.63) is 0 Å². The SMILES string of the molecule is COC(=O)CN(C(=O)CCN)C(C)C. The molecular formula is C9H18N2O3. The Morgan fingerprint density at radius 1 is 1.43 bits per heavy atom. The number of carbonyl (C=O) groups is 2. The summed E-state index contributed by atoms with van der Waals surface area (Å²) in [7, 11) is 1.30. The van der Waals surface area contributed by atoms with Crippen LogP contribution in [0, 0.1) is 0 Å². The van der Waals surface area contributed by atoms with E-state index in [1.54, 1.807) is 0 Å². The van der Waals surface area contributed by atoms with Gasteiger partial charge in [0, 0.05) is 19.0 Å². The molecule has 0 saturated heterocycles.